The molecule has 1 heterocycles. The second kappa shape index (κ2) is 5.46. The molecule has 1 saturated heterocycles. The highest BCUT2D eigenvalue weighted by Crippen LogP contribution is 2.25. The first kappa shape index (κ1) is 14.3. The van der Waals surface area contributed by atoms with E-state index in [9.17, 15) is 19.7 Å². The van der Waals surface area contributed by atoms with Gasteiger partial charge in [-0.15, -0.1) is 0 Å². The monoisotopic (exact) mass is 297 g/mol. The third-order valence-corrected chi connectivity index (χ3v) is 3.45. The molecule has 2 amide bonds. The Kier molecular flexibility index (Phi) is 3.89. The number of nitro benzene ring substituents is 1. The molecular formula is C12H12ClN3O4. The summed E-state index contributed by atoms with van der Waals surface area (Å²) in [6.45, 7) is 0.823. The van der Waals surface area contributed by atoms with E-state index in [4.69, 9.17) is 11.6 Å². The van der Waals surface area contributed by atoms with E-state index in [2.05, 4.69) is 0 Å². The van der Waals surface area contributed by atoms with Gasteiger partial charge in [-0.2, -0.15) is 0 Å². The minimum atomic E-state index is -0.645. The van der Waals surface area contributed by atoms with Crippen molar-refractivity contribution in [3.05, 3.63) is 38.9 Å². The van der Waals surface area contributed by atoms with E-state index in [0.717, 1.165) is 6.07 Å². The van der Waals surface area contributed by atoms with Crippen molar-refractivity contribution in [3.63, 3.8) is 0 Å². The van der Waals surface area contributed by atoms with Gasteiger partial charge in [-0.1, -0.05) is 11.6 Å². The van der Waals surface area contributed by atoms with Crippen LogP contribution in [-0.2, 0) is 4.79 Å². The lowest BCUT2D eigenvalue weighted by atomic mass is 10.1. The van der Waals surface area contributed by atoms with Gasteiger partial charge < -0.3 is 9.80 Å². The lowest BCUT2D eigenvalue weighted by Crippen LogP contribution is -2.50. The van der Waals surface area contributed by atoms with Crippen LogP contribution in [0.2, 0.25) is 5.02 Å². The molecule has 1 aromatic rings. The number of carbonyl (C=O) groups excluding carboxylic acids is 2. The van der Waals surface area contributed by atoms with Crippen molar-refractivity contribution in [2.75, 3.05) is 26.7 Å². The molecule has 1 fully saturated rings. The van der Waals surface area contributed by atoms with Gasteiger partial charge in [0, 0.05) is 31.8 Å². The molecular weight excluding hydrogens is 286 g/mol. The quantitative estimate of drug-likeness (QED) is 0.606. The fourth-order valence-corrected chi connectivity index (χ4v) is 2.09. The number of hydrogen-bond donors (Lipinski definition) is 0. The highest BCUT2D eigenvalue weighted by atomic mass is 35.5. The zero-order valence-corrected chi connectivity index (χ0v) is 11.5. The molecule has 8 heteroatoms. The molecule has 0 aromatic heterocycles. The Hall–Kier alpha value is -2.15. The fourth-order valence-electron chi connectivity index (χ4n) is 1.90. The predicted molar refractivity (Wildman–Crippen MR) is 71.6 cm³/mol. The average Bonchev–Trinajstić information content (AvgIpc) is 2.41. The summed E-state index contributed by atoms with van der Waals surface area (Å²) in [6.07, 6.45) is 0. The number of nitro groups is 1. The number of nitrogens with zero attached hydrogens (tertiary/aromatic N) is 3. The van der Waals surface area contributed by atoms with E-state index in [0.29, 0.717) is 13.1 Å². The van der Waals surface area contributed by atoms with Crippen LogP contribution >= 0.6 is 11.6 Å². The van der Waals surface area contributed by atoms with Gasteiger partial charge in [0.2, 0.25) is 5.91 Å². The van der Waals surface area contributed by atoms with E-state index in [-0.39, 0.29) is 28.7 Å². The molecule has 7 nitrogen and oxygen atoms in total. The van der Waals surface area contributed by atoms with Gasteiger partial charge in [-0.3, -0.25) is 19.7 Å². The molecule has 0 bridgehead atoms. The maximum Gasteiger partial charge on any atom is 0.288 e. The smallest absolute Gasteiger partial charge is 0.288 e. The first-order valence-electron chi connectivity index (χ1n) is 5.87. The lowest BCUT2D eigenvalue weighted by molar-refractivity contribution is -0.384. The highest BCUT2D eigenvalue weighted by molar-refractivity contribution is 6.32. The Morgan fingerprint density at radius 2 is 2.10 bits per heavy atom. The molecule has 20 heavy (non-hydrogen) atoms. The van der Waals surface area contributed by atoms with Crippen LogP contribution in [0.5, 0.6) is 0 Å². The van der Waals surface area contributed by atoms with Crippen molar-refractivity contribution >= 4 is 29.1 Å². The van der Waals surface area contributed by atoms with Gasteiger partial charge in [-0.05, 0) is 12.1 Å². The fraction of sp³-hybridized carbons (Fsp3) is 0.333. The van der Waals surface area contributed by atoms with Crippen LogP contribution in [0.1, 0.15) is 10.4 Å². The summed E-state index contributed by atoms with van der Waals surface area (Å²) in [5.74, 6) is -0.570. The zero-order valence-electron chi connectivity index (χ0n) is 10.7. The number of carbonyl (C=O) groups is 2. The third-order valence-electron chi connectivity index (χ3n) is 3.13. The summed E-state index contributed by atoms with van der Waals surface area (Å²) in [7, 11) is 1.66. The summed E-state index contributed by atoms with van der Waals surface area (Å²) in [4.78, 5) is 36.9. The SMILES string of the molecule is CN1CCN(C(=O)c2ccc(Cl)c([N+](=O)[O-])c2)CC1=O. The molecule has 1 aromatic carbocycles. The van der Waals surface area contributed by atoms with E-state index in [1.807, 2.05) is 0 Å². The van der Waals surface area contributed by atoms with Crippen molar-refractivity contribution < 1.29 is 14.5 Å². The van der Waals surface area contributed by atoms with Crippen LogP contribution in [0.25, 0.3) is 0 Å². The van der Waals surface area contributed by atoms with Crippen molar-refractivity contribution in [1.82, 2.24) is 9.80 Å². The number of hydrogen-bond acceptors (Lipinski definition) is 4. The van der Waals surface area contributed by atoms with Gasteiger partial charge in [0.15, 0.2) is 0 Å². The van der Waals surface area contributed by atoms with E-state index >= 15 is 0 Å². The lowest BCUT2D eigenvalue weighted by Gasteiger charge is -2.31. The predicted octanol–water partition coefficient (Wildman–Crippen LogP) is 1.16. The minimum Gasteiger partial charge on any atom is -0.342 e. The van der Waals surface area contributed by atoms with Crippen LogP contribution in [0, 0.1) is 10.1 Å². The number of halogens is 1. The second-order valence-corrected chi connectivity index (χ2v) is 4.87. The Morgan fingerprint density at radius 1 is 1.40 bits per heavy atom. The number of rotatable bonds is 2. The summed E-state index contributed by atoms with van der Waals surface area (Å²) in [6, 6.07) is 3.86. The van der Waals surface area contributed by atoms with Gasteiger partial charge in [0.05, 0.1) is 4.92 Å². The molecule has 0 radical (unpaired) electrons. The maximum atomic E-state index is 12.2. The first-order valence-corrected chi connectivity index (χ1v) is 6.25. The zero-order chi connectivity index (χ0) is 14.9. The second-order valence-electron chi connectivity index (χ2n) is 4.47. The minimum absolute atomic E-state index is 0.0221. The van der Waals surface area contributed by atoms with Crippen molar-refractivity contribution in [1.29, 1.82) is 0 Å². The Bertz CT molecular complexity index is 590. The third kappa shape index (κ3) is 2.72. The molecule has 2 rings (SSSR count). The molecule has 1 aliphatic rings. The molecule has 1 aliphatic heterocycles. The molecule has 0 N–H and O–H groups in total. The average molecular weight is 298 g/mol. The van der Waals surface area contributed by atoms with Crippen molar-refractivity contribution in [2.45, 2.75) is 0 Å². The number of amides is 2. The van der Waals surface area contributed by atoms with Crippen LogP contribution in [-0.4, -0.2) is 53.2 Å². The molecule has 0 saturated carbocycles. The summed E-state index contributed by atoms with van der Waals surface area (Å²) < 4.78 is 0. The van der Waals surface area contributed by atoms with Crippen LogP contribution < -0.4 is 0 Å². The van der Waals surface area contributed by atoms with Gasteiger partial charge in [0.25, 0.3) is 11.6 Å². The standard InChI is InChI=1S/C12H12ClN3O4/c1-14-4-5-15(7-11(14)17)12(18)8-2-3-9(13)10(6-8)16(19)20/h2-3,6H,4-5,7H2,1H3. The normalized spacial score (nSPS) is 15.4. The molecule has 0 aliphatic carbocycles. The van der Waals surface area contributed by atoms with Gasteiger partial charge in [0.1, 0.15) is 11.6 Å². The van der Waals surface area contributed by atoms with Crippen LogP contribution in [0.4, 0.5) is 5.69 Å². The number of piperazine rings is 1. The van der Waals surface area contributed by atoms with Gasteiger partial charge >= 0.3 is 0 Å². The number of likely N-dealkylation sites (N-methyl/N-ethyl adjacent to an activating group) is 1. The van der Waals surface area contributed by atoms with E-state index < -0.39 is 10.8 Å². The first-order chi connectivity index (χ1) is 9.40. The van der Waals surface area contributed by atoms with Crippen LogP contribution in [0.3, 0.4) is 0 Å². The largest absolute Gasteiger partial charge is 0.342 e. The number of benzene rings is 1. The van der Waals surface area contributed by atoms with Gasteiger partial charge in [-0.25, -0.2) is 0 Å². The van der Waals surface area contributed by atoms with Crippen LogP contribution in [0.15, 0.2) is 18.2 Å². The Morgan fingerprint density at radius 3 is 2.70 bits per heavy atom. The summed E-state index contributed by atoms with van der Waals surface area (Å²) in [5.41, 5.74) is -0.170. The summed E-state index contributed by atoms with van der Waals surface area (Å²) >= 11 is 5.70. The van der Waals surface area contributed by atoms with E-state index in [1.165, 1.54) is 21.9 Å². The topological polar surface area (TPSA) is 83.8 Å². The highest BCUT2D eigenvalue weighted by Gasteiger charge is 2.26. The summed E-state index contributed by atoms with van der Waals surface area (Å²) in [5, 5.41) is 10.8. The maximum absolute atomic E-state index is 12.2. The van der Waals surface area contributed by atoms with Crippen molar-refractivity contribution in [2.24, 2.45) is 0 Å². The van der Waals surface area contributed by atoms with E-state index in [1.54, 1.807) is 7.05 Å². The molecule has 106 valence electrons. The molecule has 0 spiro atoms. The Labute approximate surface area is 119 Å². The Balaban J connectivity index is 2.23. The van der Waals surface area contributed by atoms with Crippen molar-refractivity contribution in [3.8, 4) is 0 Å². The molecule has 0 unspecified atom stereocenters. The molecule has 0 atom stereocenters.